The zero-order valence-electron chi connectivity index (χ0n) is 16.1. The van der Waals surface area contributed by atoms with E-state index in [1.54, 1.807) is 11.0 Å². The van der Waals surface area contributed by atoms with E-state index in [2.05, 4.69) is 22.6 Å². The number of carbonyl (C=O) groups excluding carboxylic acids is 2. The lowest BCUT2D eigenvalue weighted by atomic mass is 9.92. The summed E-state index contributed by atoms with van der Waals surface area (Å²) in [5.41, 5.74) is 3.04. The fourth-order valence-electron chi connectivity index (χ4n) is 3.95. The molecule has 1 atom stereocenters. The molecule has 0 unspecified atom stereocenters. The van der Waals surface area contributed by atoms with Crippen LogP contribution in [0.5, 0.6) is 5.75 Å². The number of aromatic nitrogens is 1. The van der Waals surface area contributed by atoms with E-state index < -0.39 is 0 Å². The molecule has 0 radical (unpaired) electrons. The summed E-state index contributed by atoms with van der Waals surface area (Å²) in [5.74, 6) is 1.06. The van der Waals surface area contributed by atoms with Gasteiger partial charge in [-0.1, -0.05) is 11.2 Å². The first kappa shape index (κ1) is 18.5. The lowest BCUT2D eigenvalue weighted by Gasteiger charge is -2.16. The number of carbonyl (C=O) groups is 2. The van der Waals surface area contributed by atoms with Gasteiger partial charge < -0.3 is 19.5 Å². The summed E-state index contributed by atoms with van der Waals surface area (Å²) in [6.07, 6.45) is 5.47. The predicted octanol–water partition coefficient (Wildman–Crippen LogP) is 2.48. The molecule has 1 fully saturated rings. The van der Waals surface area contributed by atoms with Gasteiger partial charge in [-0.2, -0.15) is 0 Å². The highest BCUT2D eigenvalue weighted by Crippen LogP contribution is 2.26. The number of rotatable bonds is 5. The van der Waals surface area contributed by atoms with Crippen LogP contribution in [-0.2, 0) is 24.2 Å². The predicted molar refractivity (Wildman–Crippen MR) is 102 cm³/mol. The fraction of sp³-hybridized carbons (Fsp3) is 0.476. The van der Waals surface area contributed by atoms with Crippen LogP contribution in [0.25, 0.3) is 0 Å². The van der Waals surface area contributed by atoms with Crippen LogP contribution in [0.2, 0.25) is 0 Å². The Morgan fingerprint density at radius 3 is 2.89 bits per heavy atom. The molecule has 0 saturated carbocycles. The van der Waals surface area contributed by atoms with Crippen LogP contribution in [0.1, 0.15) is 53.6 Å². The Morgan fingerprint density at radius 1 is 1.25 bits per heavy atom. The Kier molecular flexibility index (Phi) is 5.32. The van der Waals surface area contributed by atoms with Crippen molar-refractivity contribution in [1.82, 2.24) is 15.4 Å². The molecule has 7 nitrogen and oxygen atoms in total. The van der Waals surface area contributed by atoms with Gasteiger partial charge in [0.05, 0.1) is 0 Å². The van der Waals surface area contributed by atoms with Gasteiger partial charge >= 0.3 is 0 Å². The lowest BCUT2D eigenvalue weighted by molar-refractivity contribution is -0.119. The molecule has 28 heavy (non-hydrogen) atoms. The van der Waals surface area contributed by atoms with Gasteiger partial charge in [0.1, 0.15) is 12.4 Å². The summed E-state index contributed by atoms with van der Waals surface area (Å²) in [6, 6.07) is 7.85. The van der Waals surface area contributed by atoms with E-state index in [-0.39, 0.29) is 30.2 Å². The summed E-state index contributed by atoms with van der Waals surface area (Å²) in [6.45, 7) is 2.80. The second-order valence-electron chi connectivity index (χ2n) is 7.54. The molecule has 1 aromatic carbocycles. The van der Waals surface area contributed by atoms with Gasteiger partial charge in [0, 0.05) is 32.1 Å². The van der Waals surface area contributed by atoms with Crippen molar-refractivity contribution >= 4 is 11.8 Å². The molecule has 4 rings (SSSR count). The van der Waals surface area contributed by atoms with Crippen LogP contribution >= 0.6 is 0 Å². The topological polar surface area (TPSA) is 84.7 Å². The zero-order valence-corrected chi connectivity index (χ0v) is 16.1. The van der Waals surface area contributed by atoms with E-state index in [0.717, 1.165) is 25.0 Å². The Morgan fingerprint density at radius 2 is 2.07 bits per heavy atom. The van der Waals surface area contributed by atoms with Crippen molar-refractivity contribution in [3.05, 3.63) is 46.8 Å². The molecular formula is C21H25N3O4. The number of benzene rings is 1. The molecule has 2 aliphatic rings. The van der Waals surface area contributed by atoms with Crippen LogP contribution in [0.4, 0.5) is 0 Å². The quantitative estimate of drug-likeness (QED) is 0.857. The molecule has 2 heterocycles. The van der Waals surface area contributed by atoms with E-state index in [1.807, 2.05) is 6.07 Å². The van der Waals surface area contributed by atoms with Crippen LogP contribution in [0.15, 0.2) is 28.8 Å². The molecule has 1 aliphatic carbocycles. The summed E-state index contributed by atoms with van der Waals surface area (Å²) in [5, 5.41) is 6.74. The average molecular weight is 383 g/mol. The number of likely N-dealkylation sites (tertiary alicyclic amines) is 1. The zero-order chi connectivity index (χ0) is 19.5. The van der Waals surface area contributed by atoms with E-state index in [9.17, 15) is 9.59 Å². The van der Waals surface area contributed by atoms with Gasteiger partial charge in [-0.3, -0.25) is 9.59 Å². The standard InChI is InChI=1S/C21H25N3O4/c1-14(25)22-17-8-9-24(12-17)21(26)20-11-19(28-23-20)13-27-18-7-6-15-4-2-3-5-16(15)10-18/h6-7,10-11,17H,2-5,8-9,12-13H2,1H3,(H,22,25)/t17-/m0/s1. The van der Waals surface area contributed by atoms with Gasteiger partial charge in [-0.15, -0.1) is 0 Å². The van der Waals surface area contributed by atoms with Crippen molar-refractivity contribution in [2.75, 3.05) is 13.1 Å². The molecule has 0 spiro atoms. The summed E-state index contributed by atoms with van der Waals surface area (Å²) >= 11 is 0. The minimum Gasteiger partial charge on any atom is -0.486 e. The maximum absolute atomic E-state index is 12.6. The number of nitrogens with one attached hydrogen (secondary N) is 1. The first-order valence-electron chi connectivity index (χ1n) is 9.85. The first-order valence-corrected chi connectivity index (χ1v) is 9.85. The van der Waals surface area contributed by atoms with Crippen LogP contribution in [-0.4, -0.2) is 41.0 Å². The van der Waals surface area contributed by atoms with Crippen LogP contribution in [0, 0.1) is 0 Å². The number of amides is 2. The second kappa shape index (κ2) is 8.04. The van der Waals surface area contributed by atoms with Gasteiger partial charge in [0.15, 0.2) is 11.5 Å². The number of hydrogen-bond donors (Lipinski definition) is 1. The van der Waals surface area contributed by atoms with E-state index in [4.69, 9.17) is 9.26 Å². The molecule has 2 aromatic rings. The van der Waals surface area contributed by atoms with Crippen molar-refractivity contribution in [3.8, 4) is 5.75 Å². The number of aryl methyl sites for hydroxylation is 2. The van der Waals surface area contributed by atoms with Crippen molar-refractivity contribution in [2.45, 2.75) is 51.7 Å². The third kappa shape index (κ3) is 4.18. The maximum atomic E-state index is 12.6. The SMILES string of the molecule is CC(=O)N[C@H]1CCN(C(=O)c2cc(COc3ccc4c(c3)CCCC4)on2)C1. The Hall–Kier alpha value is -2.83. The highest BCUT2D eigenvalue weighted by molar-refractivity contribution is 5.92. The van der Waals surface area contributed by atoms with Crippen molar-refractivity contribution in [1.29, 1.82) is 0 Å². The van der Waals surface area contributed by atoms with Crippen molar-refractivity contribution in [3.63, 3.8) is 0 Å². The molecule has 1 aliphatic heterocycles. The minimum absolute atomic E-state index is 0.000152. The maximum Gasteiger partial charge on any atom is 0.276 e. The smallest absolute Gasteiger partial charge is 0.276 e. The molecule has 7 heteroatoms. The van der Waals surface area contributed by atoms with Gasteiger partial charge in [0.25, 0.3) is 5.91 Å². The Bertz CT molecular complexity index is 876. The average Bonchev–Trinajstić information content (AvgIpc) is 3.35. The van der Waals surface area contributed by atoms with Gasteiger partial charge in [-0.25, -0.2) is 0 Å². The Balaban J connectivity index is 1.33. The highest BCUT2D eigenvalue weighted by Gasteiger charge is 2.29. The number of ether oxygens (including phenoxy) is 1. The molecule has 1 N–H and O–H groups in total. The molecular weight excluding hydrogens is 358 g/mol. The second-order valence-corrected chi connectivity index (χ2v) is 7.54. The molecule has 1 aromatic heterocycles. The first-order chi connectivity index (χ1) is 13.6. The lowest BCUT2D eigenvalue weighted by Crippen LogP contribution is -2.37. The van der Waals surface area contributed by atoms with E-state index in [1.165, 1.54) is 30.9 Å². The monoisotopic (exact) mass is 383 g/mol. The normalized spacial score (nSPS) is 18.6. The molecule has 1 saturated heterocycles. The highest BCUT2D eigenvalue weighted by atomic mass is 16.5. The minimum atomic E-state index is -0.184. The molecule has 2 amide bonds. The third-order valence-electron chi connectivity index (χ3n) is 5.36. The van der Waals surface area contributed by atoms with Gasteiger partial charge in [0.2, 0.25) is 5.91 Å². The fourth-order valence-corrected chi connectivity index (χ4v) is 3.95. The largest absolute Gasteiger partial charge is 0.486 e. The van der Waals surface area contributed by atoms with Crippen molar-refractivity contribution < 1.29 is 18.8 Å². The van der Waals surface area contributed by atoms with Gasteiger partial charge in [-0.05, 0) is 55.4 Å². The summed E-state index contributed by atoms with van der Waals surface area (Å²) in [7, 11) is 0. The molecule has 148 valence electrons. The molecule has 0 bridgehead atoms. The van der Waals surface area contributed by atoms with Crippen molar-refractivity contribution in [2.24, 2.45) is 0 Å². The number of fused-ring (bicyclic) bond motifs is 1. The number of hydrogen-bond acceptors (Lipinski definition) is 5. The van der Waals surface area contributed by atoms with Crippen LogP contribution < -0.4 is 10.1 Å². The van der Waals surface area contributed by atoms with E-state index >= 15 is 0 Å². The summed E-state index contributed by atoms with van der Waals surface area (Å²) in [4.78, 5) is 25.4. The third-order valence-corrected chi connectivity index (χ3v) is 5.36. The van der Waals surface area contributed by atoms with E-state index in [0.29, 0.717) is 18.8 Å². The Labute approximate surface area is 164 Å². The van der Waals surface area contributed by atoms with Crippen LogP contribution in [0.3, 0.4) is 0 Å². The number of nitrogens with zero attached hydrogens (tertiary/aromatic N) is 2. The summed E-state index contributed by atoms with van der Waals surface area (Å²) < 4.78 is 11.1.